The predicted octanol–water partition coefficient (Wildman–Crippen LogP) is 2.96. The van der Waals surface area contributed by atoms with Crippen molar-refractivity contribution in [3.8, 4) is 0 Å². The highest BCUT2D eigenvalue weighted by atomic mass is 16.6. The van der Waals surface area contributed by atoms with Gasteiger partial charge in [-0.2, -0.15) is 0 Å². The monoisotopic (exact) mass is 326 g/mol. The van der Waals surface area contributed by atoms with E-state index in [1.54, 1.807) is 0 Å². The van der Waals surface area contributed by atoms with Gasteiger partial charge < -0.3 is 20.5 Å². The molecule has 23 heavy (non-hydrogen) atoms. The van der Waals surface area contributed by atoms with Crippen LogP contribution in [-0.2, 0) is 4.74 Å². The van der Waals surface area contributed by atoms with Crippen LogP contribution in [-0.4, -0.2) is 42.0 Å². The lowest BCUT2D eigenvalue weighted by atomic mass is 9.74. The van der Waals surface area contributed by atoms with E-state index in [9.17, 15) is 9.90 Å². The van der Waals surface area contributed by atoms with Gasteiger partial charge >= 0.3 is 6.09 Å². The lowest BCUT2D eigenvalue weighted by Gasteiger charge is -2.37. The number of aliphatic hydroxyl groups excluding tert-OH is 1. The van der Waals surface area contributed by atoms with E-state index in [-0.39, 0.29) is 30.2 Å². The molecule has 0 aliphatic heterocycles. The number of hydrogen-bond donors (Lipinski definition) is 3. The summed E-state index contributed by atoms with van der Waals surface area (Å²) in [7, 11) is 0. The summed E-state index contributed by atoms with van der Waals surface area (Å²) in [4.78, 5) is 12.0. The van der Waals surface area contributed by atoms with Crippen molar-refractivity contribution in [2.75, 3.05) is 13.2 Å². The molecule has 134 valence electrons. The number of carbonyl (C=O) groups excluding carboxylic acids is 1. The molecular formula is C18H34N2O3. The quantitative estimate of drug-likeness (QED) is 0.726. The number of aliphatic hydroxyl groups is 1. The molecule has 2 rings (SSSR count). The molecule has 2 aliphatic rings. The Kier molecular flexibility index (Phi) is 6.32. The molecule has 0 aromatic rings. The van der Waals surface area contributed by atoms with E-state index in [1.165, 1.54) is 19.3 Å². The van der Waals surface area contributed by atoms with Gasteiger partial charge in [0.15, 0.2) is 0 Å². The number of carbonyl (C=O) groups is 1. The molecule has 2 saturated carbocycles. The Balaban J connectivity index is 1.83. The van der Waals surface area contributed by atoms with Gasteiger partial charge in [0.25, 0.3) is 0 Å². The second-order valence-corrected chi connectivity index (χ2v) is 8.39. The standard InChI is InChI=1S/C18H34N2O3/c1-17(2,3)23-16(22)20-15-9-7-8-14(15)19-12-18(13-21)10-5-4-6-11-18/h14-15,19,21H,4-13H2,1-3H3,(H,20,22). The molecule has 2 aliphatic carbocycles. The third-order valence-electron chi connectivity index (χ3n) is 5.21. The van der Waals surface area contributed by atoms with Gasteiger partial charge in [-0.1, -0.05) is 19.3 Å². The molecular weight excluding hydrogens is 292 g/mol. The minimum Gasteiger partial charge on any atom is -0.444 e. The first-order valence-corrected chi connectivity index (χ1v) is 9.17. The van der Waals surface area contributed by atoms with Crippen molar-refractivity contribution in [1.82, 2.24) is 10.6 Å². The third kappa shape index (κ3) is 5.64. The maximum atomic E-state index is 12.0. The molecule has 1 amide bonds. The normalized spacial score (nSPS) is 27.7. The van der Waals surface area contributed by atoms with Crippen LogP contribution in [0.1, 0.15) is 72.1 Å². The van der Waals surface area contributed by atoms with E-state index >= 15 is 0 Å². The molecule has 5 nitrogen and oxygen atoms in total. The van der Waals surface area contributed by atoms with E-state index in [1.807, 2.05) is 20.8 Å². The topological polar surface area (TPSA) is 70.6 Å². The fourth-order valence-corrected chi connectivity index (χ4v) is 3.88. The molecule has 0 bridgehead atoms. The van der Waals surface area contributed by atoms with Gasteiger partial charge in [-0.15, -0.1) is 0 Å². The van der Waals surface area contributed by atoms with Crippen LogP contribution in [0.25, 0.3) is 0 Å². The van der Waals surface area contributed by atoms with Gasteiger partial charge in [0.2, 0.25) is 0 Å². The van der Waals surface area contributed by atoms with Crippen molar-refractivity contribution in [3.63, 3.8) is 0 Å². The molecule has 0 spiro atoms. The third-order valence-corrected chi connectivity index (χ3v) is 5.21. The summed E-state index contributed by atoms with van der Waals surface area (Å²) >= 11 is 0. The van der Waals surface area contributed by atoms with Gasteiger partial charge in [0.1, 0.15) is 5.60 Å². The fraction of sp³-hybridized carbons (Fsp3) is 0.944. The molecule has 0 aromatic carbocycles. The van der Waals surface area contributed by atoms with Crippen molar-refractivity contribution in [3.05, 3.63) is 0 Å². The van der Waals surface area contributed by atoms with Crippen molar-refractivity contribution >= 4 is 6.09 Å². The highest BCUT2D eigenvalue weighted by molar-refractivity contribution is 5.68. The fourth-order valence-electron chi connectivity index (χ4n) is 3.88. The second-order valence-electron chi connectivity index (χ2n) is 8.39. The van der Waals surface area contributed by atoms with E-state index in [4.69, 9.17) is 4.74 Å². The first kappa shape index (κ1) is 18.5. The Labute approximate surface area is 140 Å². The minimum absolute atomic E-state index is 0.0390. The van der Waals surface area contributed by atoms with E-state index in [0.717, 1.165) is 38.6 Å². The summed E-state index contributed by atoms with van der Waals surface area (Å²) in [5, 5.41) is 16.5. The number of ether oxygens (including phenoxy) is 1. The Morgan fingerprint density at radius 3 is 2.39 bits per heavy atom. The highest BCUT2D eigenvalue weighted by Gasteiger charge is 2.35. The number of nitrogens with one attached hydrogen (secondary N) is 2. The largest absolute Gasteiger partial charge is 0.444 e. The van der Waals surface area contributed by atoms with Crippen LogP contribution in [0.15, 0.2) is 0 Å². The minimum atomic E-state index is -0.464. The molecule has 0 heterocycles. The molecule has 0 saturated heterocycles. The first-order valence-electron chi connectivity index (χ1n) is 9.17. The summed E-state index contributed by atoms with van der Waals surface area (Å²) < 4.78 is 5.37. The van der Waals surface area contributed by atoms with Crippen LogP contribution in [0.2, 0.25) is 0 Å². The molecule has 2 fully saturated rings. The van der Waals surface area contributed by atoms with Gasteiger partial charge in [-0.25, -0.2) is 4.79 Å². The van der Waals surface area contributed by atoms with Crippen molar-refractivity contribution in [1.29, 1.82) is 0 Å². The van der Waals surface area contributed by atoms with Crippen LogP contribution in [0.4, 0.5) is 4.79 Å². The first-order chi connectivity index (χ1) is 10.8. The zero-order chi connectivity index (χ0) is 16.9. The van der Waals surface area contributed by atoms with Gasteiger partial charge in [0, 0.05) is 30.7 Å². The Morgan fingerprint density at radius 2 is 1.78 bits per heavy atom. The predicted molar refractivity (Wildman–Crippen MR) is 91.4 cm³/mol. The maximum Gasteiger partial charge on any atom is 0.407 e. The molecule has 0 radical (unpaired) electrons. The van der Waals surface area contributed by atoms with E-state index in [2.05, 4.69) is 10.6 Å². The smallest absolute Gasteiger partial charge is 0.407 e. The van der Waals surface area contributed by atoms with Crippen LogP contribution < -0.4 is 10.6 Å². The number of alkyl carbamates (subject to hydrolysis) is 1. The summed E-state index contributed by atoms with van der Waals surface area (Å²) in [5.41, 5.74) is -0.425. The number of hydrogen-bond acceptors (Lipinski definition) is 4. The van der Waals surface area contributed by atoms with Crippen LogP contribution in [0.5, 0.6) is 0 Å². The van der Waals surface area contributed by atoms with Crippen LogP contribution in [0.3, 0.4) is 0 Å². The average Bonchev–Trinajstić information content (AvgIpc) is 2.91. The summed E-state index contributed by atoms with van der Waals surface area (Å²) in [6.45, 7) is 6.75. The van der Waals surface area contributed by atoms with E-state index in [0.29, 0.717) is 0 Å². The molecule has 0 aromatic heterocycles. The summed E-state index contributed by atoms with van der Waals surface area (Å²) in [6.07, 6.45) is 8.77. The van der Waals surface area contributed by atoms with Gasteiger partial charge in [-0.3, -0.25) is 0 Å². The van der Waals surface area contributed by atoms with Gasteiger partial charge in [-0.05, 0) is 52.9 Å². The van der Waals surface area contributed by atoms with Crippen molar-refractivity contribution < 1.29 is 14.6 Å². The summed E-state index contributed by atoms with van der Waals surface area (Å²) in [5.74, 6) is 0. The average molecular weight is 326 g/mol. The van der Waals surface area contributed by atoms with Gasteiger partial charge in [0.05, 0.1) is 0 Å². The number of rotatable bonds is 5. The maximum absolute atomic E-state index is 12.0. The zero-order valence-corrected chi connectivity index (χ0v) is 15.0. The molecule has 5 heteroatoms. The van der Waals surface area contributed by atoms with E-state index < -0.39 is 5.60 Å². The molecule has 2 atom stereocenters. The Bertz CT molecular complexity index is 386. The molecule has 3 N–H and O–H groups in total. The Morgan fingerprint density at radius 1 is 1.13 bits per heavy atom. The lowest BCUT2D eigenvalue weighted by Crippen LogP contribution is -2.51. The number of amides is 1. The van der Waals surface area contributed by atoms with Crippen LogP contribution in [0, 0.1) is 5.41 Å². The second kappa shape index (κ2) is 7.84. The lowest BCUT2D eigenvalue weighted by molar-refractivity contribution is 0.0488. The highest BCUT2D eigenvalue weighted by Crippen LogP contribution is 2.35. The Hall–Kier alpha value is -0.810. The zero-order valence-electron chi connectivity index (χ0n) is 15.0. The summed E-state index contributed by atoms with van der Waals surface area (Å²) in [6, 6.07) is 0.414. The van der Waals surface area contributed by atoms with Crippen LogP contribution >= 0.6 is 0 Å². The van der Waals surface area contributed by atoms with Crippen molar-refractivity contribution in [2.24, 2.45) is 5.41 Å². The SMILES string of the molecule is CC(C)(C)OC(=O)NC1CCCC1NCC1(CO)CCCCC1. The van der Waals surface area contributed by atoms with Crippen molar-refractivity contribution in [2.45, 2.75) is 89.8 Å². The molecule has 2 unspecified atom stereocenters.